The van der Waals surface area contributed by atoms with Crippen LogP contribution in [0.3, 0.4) is 0 Å². The number of furan rings is 1. The van der Waals surface area contributed by atoms with Crippen LogP contribution in [0, 0.1) is 5.92 Å². The molecule has 0 bridgehead atoms. The molecule has 0 aliphatic carbocycles. The molecule has 1 unspecified atom stereocenters. The van der Waals surface area contributed by atoms with Crippen LogP contribution in [0.2, 0.25) is 0 Å². The zero-order chi connectivity index (χ0) is 15.5. The molecular weight excluding hydrogens is 280 g/mol. The van der Waals surface area contributed by atoms with Gasteiger partial charge in [-0.05, 0) is 50.4 Å². The van der Waals surface area contributed by atoms with Crippen molar-refractivity contribution in [2.24, 2.45) is 5.92 Å². The summed E-state index contributed by atoms with van der Waals surface area (Å²) >= 11 is 0. The Balaban J connectivity index is 1.55. The van der Waals surface area contributed by atoms with E-state index in [0.717, 1.165) is 44.3 Å². The summed E-state index contributed by atoms with van der Waals surface area (Å²) in [6.07, 6.45) is 3.56. The molecule has 0 aromatic carbocycles. The highest BCUT2D eigenvalue weighted by Crippen LogP contribution is 2.21. The van der Waals surface area contributed by atoms with Crippen molar-refractivity contribution >= 4 is 5.91 Å². The van der Waals surface area contributed by atoms with Crippen LogP contribution in [0.15, 0.2) is 16.5 Å². The molecule has 3 heterocycles. The van der Waals surface area contributed by atoms with Gasteiger partial charge in [-0.3, -0.25) is 9.69 Å². The number of carbonyl (C=O) groups is 1. The molecule has 0 radical (unpaired) electrons. The number of ether oxygens (including phenoxy) is 1. The van der Waals surface area contributed by atoms with Crippen LogP contribution >= 0.6 is 0 Å². The third-order valence-corrected chi connectivity index (χ3v) is 4.89. The lowest BCUT2D eigenvalue weighted by Crippen LogP contribution is -2.32. The average Bonchev–Trinajstić information content (AvgIpc) is 3.18. The number of likely N-dealkylation sites (tertiary alicyclic amines) is 2. The Morgan fingerprint density at radius 2 is 2.05 bits per heavy atom. The molecule has 5 heteroatoms. The van der Waals surface area contributed by atoms with E-state index in [1.807, 2.05) is 17.0 Å². The molecule has 2 aliphatic rings. The van der Waals surface area contributed by atoms with E-state index in [1.54, 1.807) is 7.11 Å². The second-order valence-electron chi connectivity index (χ2n) is 6.62. The average molecular weight is 306 g/mol. The van der Waals surface area contributed by atoms with Gasteiger partial charge in [0, 0.05) is 20.2 Å². The molecule has 3 rings (SSSR count). The van der Waals surface area contributed by atoms with Crippen molar-refractivity contribution in [3.8, 4) is 0 Å². The predicted molar refractivity (Wildman–Crippen MR) is 83.7 cm³/mol. The third kappa shape index (κ3) is 3.52. The number of piperidine rings is 1. The van der Waals surface area contributed by atoms with E-state index >= 15 is 0 Å². The summed E-state index contributed by atoms with van der Waals surface area (Å²) in [4.78, 5) is 16.6. The Labute approximate surface area is 132 Å². The Morgan fingerprint density at radius 1 is 1.27 bits per heavy atom. The minimum absolute atomic E-state index is 0.0157. The van der Waals surface area contributed by atoms with Gasteiger partial charge in [-0.25, -0.2) is 0 Å². The van der Waals surface area contributed by atoms with Crippen molar-refractivity contribution < 1.29 is 13.9 Å². The maximum atomic E-state index is 12.4. The minimum atomic E-state index is -0.0157. The molecular formula is C17H26N2O3. The molecule has 2 fully saturated rings. The fraction of sp³-hybridized carbons (Fsp3) is 0.706. The molecule has 0 N–H and O–H groups in total. The van der Waals surface area contributed by atoms with E-state index in [0.29, 0.717) is 12.3 Å². The Morgan fingerprint density at radius 3 is 2.73 bits per heavy atom. The molecule has 5 nitrogen and oxygen atoms in total. The van der Waals surface area contributed by atoms with E-state index in [9.17, 15) is 4.79 Å². The van der Waals surface area contributed by atoms with Gasteiger partial charge in [0.15, 0.2) is 5.76 Å². The van der Waals surface area contributed by atoms with Gasteiger partial charge in [0.2, 0.25) is 0 Å². The standard InChI is InChI=1S/C17H26N2O3/c1-13-5-8-18(9-6-13)11-15-3-4-16(22-15)17(20)19-10-7-14(12-19)21-2/h3-4,13-14H,5-12H2,1-2H3. The molecule has 122 valence electrons. The third-order valence-electron chi connectivity index (χ3n) is 4.89. The summed E-state index contributed by atoms with van der Waals surface area (Å²) < 4.78 is 11.1. The summed E-state index contributed by atoms with van der Waals surface area (Å²) in [6, 6.07) is 3.75. The second-order valence-corrected chi connectivity index (χ2v) is 6.62. The highest BCUT2D eigenvalue weighted by atomic mass is 16.5. The summed E-state index contributed by atoms with van der Waals surface area (Å²) in [5.41, 5.74) is 0. The quantitative estimate of drug-likeness (QED) is 0.857. The molecule has 0 saturated carbocycles. The van der Waals surface area contributed by atoms with Crippen molar-refractivity contribution in [1.82, 2.24) is 9.80 Å². The molecule has 1 atom stereocenters. The maximum absolute atomic E-state index is 12.4. The first-order chi connectivity index (χ1) is 10.7. The van der Waals surface area contributed by atoms with Crippen molar-refractivity contribution in [3.63, 3.8) is 0 Å². The number of methoxy groups -OCH3 is 1. The van der Waals surface area contributed by atoms with E-state index in [-0.39, 0.29) is 12.0 Å². The Kier molecular flexibility index (Phi) is 4.84. The topological polar surface area (TPSA) is 45.9 Å². The number of hydrogen-bond acceptors (Lipinski definition) is 4. The molecule has 1 amide bonds. The summed E-state index contributed by atoms with van der Waals surface area (Å²) in [7, 11) is 1.70. The first-order valence-electron chi connectivity index (χ1n) is 8.29. The van der Waals surface area contributed by atoms with E-state index in [4.69, 9.17) is 9.15 Å². The number of carbonyl (C=O) groups excluding carboxylic acids is 1. The highest BCUT2D eigenvalue weighted by Gasteiger charge is 2.28. The zero-order valence-electron chi connectivity index (χ0n) is 13.6. The SMILES string of the molecule is COC1CCN(C(=O)c2ccc(CN3CCC(C)CC3)o2)C1. The van der Waals surface area contributed by atoms with Crippen LogP contribution in [0.1, 0.15) is 42.5 Å². The van der Waals surface area contributed by atoms with Crippen LogP contribution in [-0.4, -0.2) is 55.1 Å². The number of amides is 1. The zero-order valence-corrected chi connectivity index (χ0v) is 13.6. The molecule has 2 saturated heterocycles. The normalized spacial score (nSPS) is 24.1. The van der Waals surface area contributed by atoms with Gasteiger partial charge >= 0.3 is 0 Å². The summed E-state index contributed by atoms with van der Waals surface area (Å²) in [6.45, 7) is 6.76. The van der Waals surface area contributed by atoms with Gasteiger partial charge in [0.25, 0.3) is 5.91 Å². The Hall–Kier alpha value is -1.33. The fourth-order valence-corrected chi connectivity index (χ4v) is 3.28. The monoisotopic (exact) mass is 306 g/mol. The minimum Gasteiger partial charge on any atom is -0.455 e. The number of hydrogen-bond donors (Lipinski definition) is 0. The molecule has 1 aromatic heterocycles. The maximum Gasteiger partial charge on any atom is 0.289 e. The molecule has 1 aromatic rings. The van der Waals surface area contributed by atoms with Crippen LogP contribution in [0.25, 0.3) is 0 Å². The van der Waals surface area contributed by atoms with Crippen LogP contribution in [-0.2, 0) is 11.3 Å². The van der Waals surface area contributed by atoms with Crippen LogP contribution < -0.4 is 0 Å². The van der Waals surface area contributed by atoms with Crippen LogP contribution in [0.4, 0.5) is 0 Å². The van der Waals surface area contributed by atoms with Crippen molar-refractivity contribution in [2.75, 3.05) is 33.3 Å². The number of rotatable bonds is 4. The molecule has 2 aliphatic heterocycles. The van der Waals surface area contributed by atoms with Crippen molar-refractivity contribution in [2.45, 2.75) is 38.8 Å². The smallest absolute Gasteiger partial charge is 0.289 e. The lowest BCUT2D eigenvalue weighted by Gasteiger charge is -2.29. The van der Waals surface area contributed by atoms with Crippen molar-refractivity contribution in [3.05, 3.63) is 23.7 Å². The van der Waals surface area contributed by atoms with Gasteiger partial charge in [0.1, 0.15) is 5.76 Å². The lowest BCUT2D eigenvalue weighted by molar-refractivity contribution is 0.0691. The second kappa shape index (κ2) is 6.84. The Bertz CT molecular complexity index is 506. The summed E-state index contributed by atoms with van der Waals surface area (Å²) in [5.74, 6) is 2.16. The molecule has 0 spiro atoms. The molecule has 22 heavy (non-hydrogen) atoms. The van der Waals surface area contributed by atoms with Gasteiger partial charge < -0.3 is 14.1 Å². The van der Waals surface area contributed by atoms with Crippen molar-refractivity contribution in [1.29, 1.82) is 0 Å². The van der Waals surface area contributed by atoms with E-state index in [2.05, 4.69) is 11.8 Å². The fourth-order valence-electron chi connectivity index (χ4n) is 3.28. The van der Waals surface area contributed by atoms with Gasteiger partial charge in [0.05, 0.1) is 12.6 Å². The first kappa shape index (κ1) is 15.6. The number of nitrogens with zero attached hydrogens (tertiary/aromatic N) is 2. The summed E-state index contributed by atoms with van der Waals surface area (Å²) in [5, 5.41) is 0. The van der Waals surface area contributed by atoms with Gasteiger partial charge in [-0.1, -0.05) is 6.92 Å². The largest absolute Gasteiger partial charge is 0.455 e. The first-order valence-corrected chi connectivity index (χ1v) is 8.29. The van der Waals surface area contributed by atoms with Crippen LogP contribution in [0.5, 0.6) is 0 Å². The van der Waals surface area contributed by atoms with E-state index < -0.39 is 0 Å². The lowest BCUT2D eigenvalue weighted by atomic mass is 9.99. The predicted octanol–water partition coefficient (Wildman–Crippen LogP) is 2.37. The van der Waals surface area contributed by atoms with Gasteiger partial charge in [-0.2, -0.15) is 0 Å². The van der Waals surface area contributed by atoms with E-state index in [1.165, 1.54) is 12.8 Å². The van der Waals surface area contributed by atoms with Gasteiger partial charge in [-0.15, -0.1) is 0 Å². The highest BCUT2D eigenvalue weighted by molar-refractivity contribution is 5.91.